The fraction of sp³-hybridized carbons (Fsp3) is 0.524. The lowest BCUT2D eigenvalue weighted by Gasteiger charge is -2.35. The molecule has 0 saturated carbocycles. The van der Waals surface area contributed by atoms with Crippen LogP contribution in [0.15, 0.2) is 18.2 Å². The number of hydrogen-bond acceptors (Lipinski definition) is 3. The topological polar surface area (TPSA) is 59.4 Å². The molecule has 1 aromatic carbocycles. The van der Waals surface area contributed by atoms with E-state index in [0.717, 1.165) is 55.8 Å². The molecule has 4 rings (SSSR count). The molecule has 6 nitrogen and oxygen atoms in total. The minimum Gasteiger partial charge on any atom is -0.376 e. The van der Waals surface area contributed by atoms with Crippen LogP contribution in [-0.2, 0) is 24.8 Å². The molecule has 1 N–H and O–H groups in total. The van der Waals surface area contributed by atoms with Crippen molar-refractivity contribution in [2.24, 2.45) is 7.05 Å². The number of hydrogen-bond donors (Lipinski definition) is 1. The van der Waals surface area contributed by atoms with E-state index in [9.17, 15) is 4.79 Å². The molecule has 2 aromatic rings. The molecular weight excluding hydrogens is 340 g/mol. The zero-order valence-electron chi connectivity index (χ0n) is 16.4. The second-order valence-corrected chi connectivity index (χ2v) is 7.62. The average molecular weight is 368 g/mol. The molecule has 1 atom stereocenters. The van der Waals surface area contributed by atoms with Crippen LogP contribution in [0.5, 0.6) is 0 Å². The zero-order valence-corrected chi connectivity index (χ0v) is 16.4. The summed E-state index contributed by atoms with van der Waals surface area (Å²) in [5.74, 6) is 0. The van der Waals surface area contributed by atoms with Gasteiger partial charge in [0.05, 0.1) is 24.9 Å². The highest BCUT2D eigenvalue weighted by Gasteiger charge is 2.34. The number of aryl methyl sites for hydroxylation is 2. The van der Waals surface area contributed by atoms with Gasteiger partial charge >= 0.3 is 6.03 Å². The van der Waals surface area contributed by atoms with Crippen LogP contribution < -0.4 is 5.32 Å². The SMILES string of the molecule is Cc1cccc(NC(=O)N2CCCC[C@H]2c2nn(C)c3c2COCC3)c1C. The van der Waals surface area contributed by atoms with Crippen molar-refractivity contribution in [3.63, 3.8) is 0 Å². The number of fused-ring (bicyclic) bond motifs is 1. The van der Waals surface area contributed by atoms with Crippen LogP contribution in [-0.4, -0.2) is 33.9 Å². The first-order valence-electron chi connectivity index (χ1n) is 9.82. The van der Waals surface area contributed by atoms with Crippen molar-refractivity contribution in [1.82, 2.24) is 14.7 Å². The van der Waals surface area contributed by atoms with E-state index in [4.69, 9.17) is 9.84 Å². The number of aromatic nitrogens is 2. The number of urea groups is 1. The highest BCUT2D eigenvalue weighted by Crippen LogP contribution is 2.35. The van der Waals surface area contributed by atoms with Gasteiger partial charge in [0.1, 0.15) is 0 Å². The number of carbonyl (C=O) groups excluding carboxylic acids is 1. The first kappa shape index (κ1) is 18.0. The maximum absolute atomic E-state index is 13.1. The Morgan fingerprint density at radius 2 is 2.15 bits per heavy atom. The van der Waals surface area contributed by atoms with Gasteiger partial charge < -0.3 is 15.0 Å². The molecule has 0 bridgehead atoms. The van der Waals surface area contributed by atoms with E-state index in [1.54, 1.807) is 0 Å². The largest absolute Gasteiger partial charge is 0.376 e. The van der Waals surface area contributed by atoms with Gasteiger partial charge in [0.15, 0.2) is 0 Å². The molecule has 0 radical (unpaired) electrons. The summed E-state index contributed by atoms with van der Waals surface area (Å²) < 4.78 is 7.66. The Labute approximate surface area is 160 Å². The summed E-state index contributed by atoms with van der Waals surface area (Å²) in [6, 6.07) is 5.99. The zero-order chi connectivity index (χ0) is 19.0. The minimum atomic E-state index is -0.0375. The summed E-state index contributed by atoms with van der Waals surface area (Å²) in [6.07, 6.45) is 3.98. The van der Waals surface area contributed by atoms with Crippen LogP contribution in [0.25, 0.3) is 0 Å². The monoisotopic (exact) mass is 368 g/mol. The number of carbonyl (C=O) groups is 1. The quantitative estimate of drug-likeness (QED) is 0.875. The van der Waals surface area contributed by atoms with Crippen molar-refractivity contribution < 1.29 is 9.53 Å². The van der Waals surface area contributed by atoms with Crippen LogP contribution in [0.2, 0.25) is 0 Å². The number of nitrogens with one attached hydrogen (secondary N) is 1. The third-order valence-corrected chi connectivity index (χ3v) is 5.96. The van der Waals surface area contributed by atoms with Crippen LogP contribution in [0, 0.1) is 13.8 Å². The van der Waals surface area contributed by atoms with E-state index < -0.39 is 0 Å². The third kappa shape index (κ3) is 3.34. The van der Waals surface area contributed by atoms with E-state index in [1.807, 2.05) is 35.7 Å². The van der Waals surface area contributed by atoms with E-state index in [-0.39, 0.29) is 12.1 Å². The van der Waals surface area contributed by atoms with Crippen molar-refractivity contribution in [3.05, 3.63) is 46.3 Å². The fourth-order valence-electron chi connectivity index (χ4n) is 4.24. The normalized spacial score (nSPS) is 19.7. The average Bonchev–Trinajstić information content (AvgIpc) is 3.02. The second kappa shape index (κ2) is 7.35. The van der Waals surface area contributed by atoms with Gasteiger partial charge in [0.25, 0.3) is 0 Å². The Balaban J connectivity index is 1.61. The fourth-order valence-corrected chi connectivity index (χ4v) is 4.24. The van der Waals surface area contributed by atoms with Crippen LogP contribution in [0.4, 0.5) is 10.5 Å². The van der Waals surface area contributed by atoms with Gasteiger partial charge in [-0.25, -0.2) is 4.79 Å². The number of ether oxygens (including phenoxy) is 1. The molecule has 144 valence electrons. The van der Waals surface area contributed by atoms with Gasteiger partial charge in [-0.3, -0.25) is 4.68 Å². The Kier molecular flexibility index (Phi) is 4.91. The Hall–Kier alpha value is -2.34. The first-order valence-corrected chi connectivity index (χ1v) is 9.82. The standard InChI is InChI=1S/C21H28N4O2/c1-14-7-6-8-17(15(14)2)22-21(26)25-11-5-4-9-19(25)20-16-13-27-12-10-18(16)24(3)23-20/h6-8,19H,4-5,9-13H2,1-3H3,(H,22,26)/t19-/m0/s1. The van der Waals surface area contributed by atoms with Gasteiger partial charge in [0.2, 0.25) is 0 Å². The molecule has 0 aliphatic carbocycles. The lowest BCUT2D eigenvalue weighted by molar-refractivity contribution is 0.106. The summed E-state index contributed by atoms with van der Waals surface area (Å²) in [6.45, 7) is 6.21. The number of piperidine rings is 1. The highest BCUT2D eigenvalue weighted by atomic mass is 16.5. The van der Waals surface area contributed by atoms with E-state index in [0.29, 0.717) is 6.61 Å². The summed E-state index contributed by atoms with van der Waals surface area (Å²) in [4.78, 5) is 15.1. The van der Waals surface area contributed by atoms with E-state index in [1.165, 1.54) is 16.8 Å². The molecule has 1 fully saturated rings. The number of amides is 2. The molecule has 2 aliphatic heterocycles. The van der Waals surface area contributed by atoms with Crippen molar-refractivity contribution in [2.75, 3.05) is 18.5 Å². The number of nitrogens with zero attached hydrogens (tertiary/aromatic N) is 3. The molecule has 6 heteroatoms. The number of anilines is 1. The molecule has 1 saturated heterocycles. The van der Waals surface area contributed by atoms with Crippen LogP contribution in [0.1, 0.15) is 53.4 Å². The predicted octanol–water partition coefficient (Wildman–Crippen LogP) is 3.87. The molecule has 2 amide bonds. The lowest BCUT2D eigenvalue weighted by Crippen LogP contribution is -2.41. The molecule has 0 spiro atoms. The summed E-state index contributed by atoms with van der Waals surface area (Å²) in [5.41, 5.74) is 6.62. The van der Waals surface area contributed by atoms with Gasteiger partial charge in [-0.2, -0.15) is 5.10 Å². The molecule has 2 aliphatic rings. The number of rotatable bonds is 2. The maximum Gasteiger partial charge on any atom is 0.322 e. The molecule has 1 aromatic heterocycles. The Morgan fingerprint density at radius 1 is 1.30 bits per heavy atom. The van der Waals surface area contributed by atoms with E-state index >= 15 is 0 Å². The van der Waals surface area contributed by atoms with Crippen LogP contribution >= 0.6 is 0 Å². The van der Waals surface area contributed by atoms with E-state index in [2.05, 4.69) is 18.3 Å². The van der Waals surface area contributed by atoms with Crippen LogP contribution in [0.3, 0.4) is 0 Å². The predicted molar refractivity (Wildman–Crippen MR) is 105 cm³/mol. The summed E-state index contributed by atoms with van der Waals surface area (Å²) >= 11 is 0. The Bertz CT molecular complexity index is 858. The van der Waals surface area contributed by atoms with Gasteiger partial charge in [-0.05, 0) is 50.3 Å². The van der Waals surface area contributed by atoms with Crippen molar-refractivity contribution in [1.29, 1.82) is 0 Å². The summed E-state index contributed by atoms with van der Waals surface area (Å²) in [5, 5.41) is 7.93. The van der Waals surface area contributed by atoms with Crippen molar-refractivity contribution in [2.45, 2.75) is 52.2 Å². The maximum atomic E-state index is 13.1. The van der Waals surface area contributed by atoms with Gasteiger partial charge in [-0.1, -0.05) is 12.1 Å². The highest BCUT2D eigenvalue weighted by molar-refractivity contribution is 5.90. The second-order valence-electron chi connectivity index (χ2n) is 7.62. The van der Waals surface area contributed by atoms with Crippen molar-refractivity contribution >= 4 is 11.7 Å². The Morgan fingerprint density at radius 3 is 3.00 bits per heavy atom. The lowest BCUT2D eigenvalue weighted by atomic mass is 9.95. The third-order valence-electron chi connectivity index (χ3n) is 5.96. The van der Waals surface area contributed by atoms with Gasteiger partial charge in [-0.15, -0.1) is 0 Å². The smallest absolute Gasteiger partial charge is 0.322 e. The minimum absolute atomic E-state index is 0.0144. The van der Waals surface area contributed by atoms with Gasteiger partial charge in [0, 0.05) is 37.0 Å². The number of benzene rings is 1. The number of likely N-dealkylation sites (tertiary alicyclic amines) is 1. The first-order chi connectivity index (χ1) is 13.1. The molecular formula is C21H28N4O2. The molecule has 27 heavy (non-hydrogen) atoms. The molecule has 3 heterocycles. The van der Waals surface area contributed by atoms with Crippen molar-refractivity contribution in [3.8, 4) is 0 Å². The summed E-state index contributed by atoms with van der Waals surface area (Å²) in [7, 11) is 2.00. The molecule has 0 unspecified atom stereocenters.